The minimum Gasteiger partial charge on any atom is -0.508 e. The molecule has 0 aliphatic heterocycles. The van der Waals surface area contributed by atoms with Crippen molar-refractivity contribution in [3.05, 3.63) is 120 Å². The second-order valence-electron chi connectivity index (χ2n) is 12.4. The quantitative estimate of drug-likeness (QED) is 0.115. The number of rotatable bonds is 12. The SMILES string of the molecule is NCC1CCC(CNC(=O)c2cccc(-c3cccc(CN(CCc4ccc(O)cc4)C(=O)/C=C/c4ccco4)c3)c2)CC1.O=C(O)C(F)(F)F. The summed E-state index contributed by atoms with van der Waals surface area (Å²) in [6, 6.07) is 26.4. The van der Waals surface area contributed by atoms with E-state index < -0.39 is 12.1 Å². The molecule has 3 aromatic carbocycles. The molecule has 5 N–H and O–H groups in total. The molecule has 0 spiro atoms. The summed E-state index contributed by atoms with van der Waals surface area (Å²) in [7, 11) is 0. The summed E-state index contributed by atoms with van der Waals surface area (Å²) in [6.45, 7) is 2.36. The molecule has 270 valence electrons. The zero-order valence-corrected chi connectivity index (χ0v) is 28.0. The van der Waals surface area contributed by atoms with Gasteiger partial charge in [-0.1, -0.05) is 42.5 Å². The van der Waals surface area contributed by atoms with Gasteiger partial charge in [-0.15, -0.1) is 0 Å². The Morgan fingerprint density at radius 3 is 2.16 bits per heavy atom. The maximum Gasteiger partial charge on any atom is 0.490 e. The van der Waals surface area contributed by atoms with Crippen molar-refractivity contribution in [2.75, 3.05) is 19.6 Å². The highest BCUT2D eigenvalue weighted by atomic mass is 19.4. The van der Waals surface area contributed by atoms with Gasteiger partial charge in [0, 0.05) is 31.3 Å². The van der Waals surface area contributed by atoms with Crippen molar-refractivity contribution in [3.63, 3.8) is 0 Å². The van der Waals surface area contributed by atoms with Gasteiger partial charge < -0.3 is 30.6 Å². The fourth-order valence-electron chi connectivity index (χ4n) is 5.76. The zero-order valence-electron chi connectivity index (χ0n) is 28.0. The summed E-state index contributed by atoms with van der Waals surface area (Å²) in [4.78, 5) is 37.0. The number of benzene rings is 3. The van der Waals surface area contributed by atoms with Crippen molar-refractivity contribution in [2.24, 2.45) is 17.6 Å². The van der Waals surface area contributed by atoms with Crippen LogP contribution in [0.15, 0.2) is 102 Å². The van der Waals surface area contributed by atoms with Crippen molar-refractivity contribution < 1.29 is 42.2 Å². The third kappa shape index (κ3) is 12.5. The number of phenols is 1. The van der Waals surface area contributed by atoms with Crippen molar-refractivity contribution in [1.29, 1.82) is 0 Å². The van der Waals surface area contributed by atoms with E-state index in [0.717, 1.165) is 54.5 Å². The number of carboxylic acid groups (broad SMARTS) is 1. The second kappa shape index (κ2) is 18.6. The Bertz CT molecular complexity index is 1750. The fraction of sp³-hybridized carbons (Fsp3) is 0.308. The number of aliphatic carboxylic acids is 1. The molecule has 12 heteroatoms. The van der Waals surface area contributed by atoms with Gasteiger partial charge in [-0.25, -0.2) is 4.79 Å². The molecule has 1 saturated carbocycles. The van der Waals surface area contributed by atoms with Gasteiger partial charge in [0.2, 0.25) is 5.91 Å². The van der Waals surface area contributed by atoms with Crippen LogP contribution in [0, 0.1) is 11.8 Å². The Morgan fingerprint density at radius 1 is 0.882 bits per heavy atom. The number of nitrogens with two attached hydrogens (primary N) is 1. The highest BCUT2D eigenvalue weighted by Gasteiger charge is 2.38. The largest absolute Gasteiger partial charge is 0.508 e. The predicted molar refractivity (Wildman–Crippen MR) is 187 cm³/mol. The molecule has 0 unspecified atom stereocenters. The molecule has 1 aliphatic carbocycles. The van der Waals surface area contributed by atoms with Crippen LogP contribution >= 0.6 is 0 Å². The Kier molecular flexibility index (Phi) is 14.0. The van der Waals surface area contributed by atoms with Crippen LogP contribution in [0.4, 0.5) is 13.2 Å². The number of carbonyl (C=O) groups excluding carboxylic acids is 2. The summed E-state index contributed by atoms with van der Waals surface area (Å²) in [6.07, 6.45) is 4.85. The molecule has 51 heavy (non-hydrogen) atoms. The topological polar surface area (TPSA) is 146 Å². The number of aromatic hydroxyl groups is 1. The first-order valence-electron chi connectivity index (χ1n) is 16.7. The molecular formula is C39H42F3N3O6. The van der Waals surface area contributed by atoms with E-state index >= 15 is 0 Å². The molecule has 0 saturated heterocycles. The summed E-state index contributed by atoms with van der Waals surface area (Å²) in [5.41, 5.74) is 10.4. The van der Waals surface area contributed by atoms with Crippen molar-refractivity contribution >= 4 is 23.9 Å². The molecule has 5 rings (SSSR count). The Labute approximate surface area is 294 Å². The average molecular weight is 706 g/mol. The monoisotopic (exact) mass is 705 g/mol. The third-order valence-corrected chi connectivity index (χ3v) is 8.70. The summed E-state index contributed by atoms with van der Waals surface area (Å²) in [5.74, 6) is -0.979. The lowest BCUT2D eigenvalue weighted by Gasteiger charge is -2.27. The predicted octanol–water partition coefficient (Wildman–Crippen LogP) is 7.07. The Hall–Kier alpha value is -5.36. The van der Waals surface area contributed by atoms with Gasteiger partial charge in [-0.3, -0.25) is 9.59 Å². The lowest BCUT2D eigenvalue weighted by molar-refractivity contribution is -0.192. The van der Waals surface area contributed by atoms with Gasteiger partial charge in [0.25, 0.3) is 5.91 Å². The van der Waals surface area contributed by atoms with Crippen molar-refractivity contribution in [1.82, 2.24) is 10.2 Å². The van der Waals surface area contributed by atoms with Crippen LogP contribution in [-0.2, 0) is 22.6 Å². The smallest absolute Gasteiger partial charge is 0.490 e. The molecule has 2 amide bonds. The zero-order chi connectivity index (χ0) is 36.8. The number of furan rings is 1. The van der Waals surface area contributed by atoms with E-state index in [4.69, 9.17) is 20.1 Å². The van der Waals surface area contributed by atoms with Crippen LogP contribution in [0.25, 0.3) is 17.2 Å². The van der Waals surface area contributed by atoms with Crippen LogP contribution in [0.1, 0.15) is 52.9 Å². The molecular weight excluding hydrogens is 663 g/mol. The average Bonchev–Trinajstić information content (AvgIpc) is 3.66. The highest BCUT2D eigenvalue weighted by Crippen LogP contribution is 2.28. The van der Waals surface area contributed by atoms with Crippen LogP contribution in [0.5, 0.6) is 5.75 Å². The Morgan fingerprint density at radius 2 is 1.53 bits per heavy atom. The van der Waals surface area contributed by atoms with Crippen molar-refractivity contribution in [2.45, 2.75) is 44.8 Å². The molecule has 0 atom stereocenters. The number of amides is 2. The minimum atomic E-state index is -5.08. The highest BCUT2D eigenvalue weighted by molar-refractivity contribution is 5.95. The number of nitrogens with zero attached hydrogens (tertiary/aromatic N) is 1. The van der Waals surface area contributed by atoms with Crippen LogP contribution < -0.4 is 11.1 Å². The van der Waals surface area contributed by atoms with E-state index in [1.165, 1.54) is 6.08 Å². The van der Waals surface area contributed by atoms with Gasteiger partial charge in [0.05, 0.1) is 6.26 Å². The molecule has 4 aromatic rings. The van der Waals surface area contributed by atoms with E-state index in [1.54, 1.807) is 41.5 Å². The Balaban J connectivity index is 0.000000755. The summed E-state index contributed by atoms with van der Waals surface area (Å²) in [5, 5.41) is 19.9. The van der Waals surface area contributed by atoms with Crippen LogP contribution in [0.2, 0.25) is 0 Å². The first-order valence-corrected chi connectivity index (χ1v) is 16.7. The molecule has 1 fully saturated rings. The van der Waals surface area contributed by atoms with Gasteiger partial charge in [-0.2, -0.15) is 13.2 Å². The second-order valence-corrected chi connectivity index (χ2v) is 12.4. The first-order chi connectivity index (χ1) is 24.4. The summed E-state index contributed by atoms with van der Waals surface area (Å²) < 4.78 is 37.1. The molecule has 1 aromatic heterocycles. The maximum absolute atomic E-state index is 13.3. The van der Waals surface area contributed by atoms with Crippen LogP contribution in [0.3, 0.4) is 0 Å². The van der Waals surface area contributed by atoms with E-state index in [2.05, 4.69) is 11.4 Å². The summed E-state index contributed by atoms with van der Waals surface area (Å²) >= 11 is 0. The minimum absolute atomic E-state index is 0.0571. The normalized spacial score (nSPS) is 15.8. The molecule has 1 heterocycles. The number of nitrogens with one attached hydrogen (secondary N) is 1. The van der Waals surface area contributed by atoms with E-state index in [0.29, 0.717) is 49.2 Å². The molecule has 0 radical (unpaired) electrons. The number of carboxylic acids is 1. The van der Waals surface area contributed by atoms with Crippen LogP contribution in [-0.4, -0.2) is 58.7 Å². The van der Waals surface area contributed by atoms with E-state index in [1.807, 2.05) is 54.6 Å². The molecule has 9 nitrogen and oxygen atoms in total. The van der Waals surface area contributed by atoms with E-state index in [9.17, 15) is 27.9 Å². The lowest BCUT2D eigenvalue weighted by atomic mass is 9.82. The maximum atomic E-state index is 13.3. The molecule has 0 bridgehead atoms. The van der Waals surface area contributed by atoms with E-state index in [-0.39, 0.29) is 17.6 Å². The van der Waals surface area contributed by atoms with Gasteiger partial charge in [-0.05, 0) is 121 Å². The molecule has 1 aliphatic rings. The number of halogens is 3. The van der Waals surface area contributed by atoms with Gasteiger partial charge >= 0.3 is 12.1 Å². The standard InChI is InChI=1S/C37H41N3O4.C2HF3O2/c38-24-28-9-11-29(12-10-28)25-39-37(43)33-7-2-6-32(23-33)31-5-1-4-30(22-31)26-40(20-19-27-13-15-34(41)16-14-27)36(42)18-17-35-8-3-21-44-35;3-2(4,5)1(6)7/h1-8,13-18,21-23,28-29,41H,9-12,19-20,24-26,38H2,(H,39,43);(H,6,7)/b18-17+;. The van der Waals surface area contributed by atoms with Crippen molar-refractivity contribution in [3.8, 4) is 16.9 Å². The number of alkyl halides is 3. The lowest BCUT2D eigenvalue weighted by Crippen LogP contribution is -2.32. The third-order valence-electron chi connectivity index (χ3n) is 8.70. The fourth-order valence-corrected chi connectivity index (χ4v) is 5.76. The van der Waals surface area contributed by atoms with Gasteiger partial charge in [0.15, 0.2) is 0 Å². The number of phenolic OH excluding ortho intramolecular Hbond substituents is 1. The number of carbonyl (C=O) groups is 3. The van der Waals surface area contributed by atoms with Gasteiger partial charge in [0.1, 0.15) is 11.5 Å². The number of hydrogen-bond donors (Lipinski definition) is 4. The number of hydrogen-bond acceptors (Lipinski definition) is 6. The first kappa shape index (κ1) is 38.4.